The molecule has 3 aliphatic heterocycles. The lowest BCUT2D eigenvalue weighted by atomic mass is 9.93. The number of hydrogen-bond donors (Lipinski definition) is 2. The van der Waals surface area contributed by atoms with Crippen molar-refractivity contribution < 1.29 is 35.6 Å². The van der Waals surface area contributed by atoms with Crippen LogP contribution in [0.15, 0.2) is 30.2 Å². The highest BCUT2D eigenvalue weighted by atomic mass is 32.2. The number of piperazine rings is 1. The molecule has 0 saturated carbocycles. The zero-order chi connectivity index (χ0) is 30.0. The molecule has 4 atom stereocenters. The van der Waals surface area contributed by atoms with Crippen molar-refractivity contribution in [3.8, 4) is 0 Å². The molecule has 0 spiro atoms. The Morgan fingerprint density at radius 2 is 1.77 bits per heavy atom. The summed E-state index contributed by atoms with van der Waals surface area (Å²) < 4.78 is 39.8. The molecule has 3 saturated heterocycles. The minimum Gasteiger partial charge on any atom is -0.340 e. The summed E-state index contributed by atoms with van der Waals surface area (Å²) in [6.45, 7) is 4.75. The monoisotopic (exact) mass is 506 g/mol. The number of carbonyl (C=O) groups excluding carboxylic acids is 6. The minimum absolute atomic E-state index is 0.0158. The van der Waals surface area contributed by atoms with E-state index in [1.807, 2.05) is 0 Å². The second-order valence-electron chi connectivity index (χ2n) is 8.96. The van der Waals surface area contributed by atoms with Gasteiger partial charge in [-0.15, -0.1) is 11.8 Å². The van der Waals surface area contributed by atoms with Gasteiger partial charge in [0.05, 0.1) is 6.85 Å². The number of thioether (sulfide) groups is 1. The number of carbonyl (C=O) groups is 6. The van der Waals surface area contributed by atoms with E-state index in [1.165, 1.54) is 30.6 Å². The average molecular weight is 507 g/mol. The number of β-lactam (4-membered cyclic amide) rings is 1. The van der Waals surface area contributed by atoms with E-state index in [4.69, 9.17) is 6.85 Å². The van der Waals surface area contributed by atoms with E-state index in [-0.39, 0.29) is 18.9 Å². The normalized spacial score (nSPS) is 28.1. The third-order valence-electron chi connectivity index (χ3n) is 6.14. The lowest BCUT2D eigenvalue weighted by molar-refractivity contribution is -0.154. The van der Waals surface area contributed by atoms with Crippen molar-refractivity contribution in [2.75, 3.05) is 20.1 Å². The molecule has 12 heteroatoms. The average Bonchev–Trinajstić information content (AvgIpc) is 3.15. The third kappa shape index (κ3) is 4.26. The largest absolute Gasteiger partial charge is 0.340 e. The molecule has 186 valence electrons. The second-order valence-corrected chi connectivity index (χ2v) is 10.7. The van der Waals surface area contributed by atoms with Gasteiger partial charge in [0.1, 0.15) is 23.5 Å². The van der Waals surface area contributed by atoms with Gasteiger partial charge in [-0.05, 0) is 26.3 Å². The first-order chi connectivity index (χ1) is 18.5. The van der Waals surface area contributed by atoms with E-state index < -0.39 is 93.7 Å². The van der Waals surface area contributed by atoms with Gasteiger partial charge in [0.25, 0.3) is 0 Å². The number of hydrogen-bond acceptors (Lipinski definition) is 7. The molecule has 0 bridgehead atoms. The first-order valence-corrected chi connectivity index (χ1v) is 11.6. The topological polar surface area (TPSA) is 136 Å². The predicted octanol–water partition coefficient (Wildman–Crippen LogP) is -0.126. The van der Waals surface area contributed by atoms with Crippen LogP contribution in [0.1, 0.15) is 39.2 Å². The Morgan fingerprint density at radius 3 is 2.40 bits per heavy atom. The molecule has 6 amide bonds. The standard InChI is InChI=1S/C23H27N5O6S/c1-12(29)16-23(2,3)35-21-15(18(31)28(16)21)24-17(30)14(13-8-6-5-7-9-13)25-22(34)27-11-10-26(4)19(32)20(27)33/h5-9,14-16,21H,10-11H2,1-4H3,(H,24,30)(H,25,34)/t14-,15-,16?,21?/m1/s1/i5D,6D,7D,8D,9D. The van der Waals surface area contributed by atoms with Crippen molar-refractivity contribution in [3.05, 3.63) is 35.8 Å². The summed E-state index contributed by atoms with van der Waals surface area (Å²) in [6.07, 6.45) is 0. The smallest absolute Gasteiger partial charge is 0.325 e. The number of urea groups is 1. The molecule has 3 aliphatic rings. The van der Waals surface area contributed by atoms with Crippen LogP contribution in [0.5, 0.6) is 0 Å². The van der Waals surface area contributed by atoms with E-state index in [1.54, 1.807) is 13.8 Å². The van der Waals surface area contributed by atoms with Crippen LogP contribution in [0.25, 0.3) is 0 Å². The van der Waals surface area contributed by atoms with Crippen molar-refractivity contribution in [1.29, 1.82) is 0 Å². The minimum atomic E-state index is -1.94. The number of nitrogens with zero attached hydrogens (tertiary/aromatic N) is 3. The number of nitrogens with one attached hydrogen (secondary N) is 2. The molecule has 4 rings (SSSR count). The van der Waals surface area contributed by atoms with E-state index in [0.717, 1.165) is 4.90 Å². The Hall–Kier alpha value is -3.41. The first-order valence-electron chi connectivity index (χ1n) is 13.3. The summed E-state index contributed by atoms with van der Waals surface area (Å²) in [5.74, 6) is -4.00. The Kier molecular flexibility index (Phi) is 4.84. The molecule has 2 unspecified atom stereocenters. The van der Waals surface area contributed by atoms with Gasteiger partial charge in [0.15, 0.2) is 5.78 Å². The quantitative estimate of drug-likeness (QED) is 0.420. The summed E-state index contributed by atoms with van der Waals surface area (Å²) in [5.41, 5.74) is -0.589. The van der Waals surface area contributed by atoms with Crippen molar-refractivity contribution >= 4 is 47.2 Å². The molecular weight excluding hydrogens is 474 g/mol. The zero-order valence-electron chi connectivity index (χ0n) is 24.4. The summed E-state index contributed by atoms with van der Waals surface area (Å²) >= 11 is 1.29. The van der Waals surface area contributed by atoms with E-state index in [2.05, 4.69) is 10.6 Å². The van der Waals surface area contributed by atoms with Gasteiger partial charge in [0, 0.05) is 24.9 Å². The molecule has 3 fully saturated rings. The van der Waals surface area contributed by atoms with E-state index in [9.17, 15) is 28.8 Å². The maximum absolute atomic E-state index is 13.6. The van der Waals surface area contributed by atoms with Crippen molar-refractivity contribution in [2.24, 2.45) is 0 Å². The highest BCUT2D eigenvalue weighted by Gasteiger charge is 2.63. The van der Waals surface area contributed by atoms with E-state index >= 15 is 0 Å². The summed E-state index contributed by atoms with van der Waals surface area (Å²) in [6, 6.07) is -8.80. The van der Waals surface area contributed by atoms with Crippen LogP contribution in [0.3, 0.4) is 0 Å². The first kappa shape index (κ1) is 18.9. The number of imide groups is 1. The van der Waals surface area contributed by atoms with Crippen molar-refractivity contribution in [2.45, 2.75) is 49.0 Å². The number of amides is 6. The van der Waals surface area contributed by atoms with E-state index in [0.29, 0.717) is 4.90 Å². The number of fused-ring (bicyclic) bond motifs is 1. The lowest BCUT2D eigenvalue weighted by Crippen LogP contribution is -2.71. The molecular formula is C23H27N5O6S. The van der Waals surface area contributed by atoms with Crippen LogP contribution in [0.2, 0.25) is 0 Å². The predicted molar refractivity (Wildman–Crippen MR) is 126 cm³/mol. The summed E-state index contributed by atoms with van der Waals surface area (Å²) in [5, 5.41) is 4.09. The Labute approximate surface area is 213 Å². The fourth-order valence-electron chi connectivity index (χ4n) is 4.45. The number of rotatable bonds is 5. The number of ketones is 1. The molecule has 1 aromatic carbocycles. The fraction of sp³-hybridized carbons (Fsp3) is 0.478. The van der Waals surface area contributed by atoms with Crippen LogP contribution in [0, 0.1) is 0 Å². The van der Waals surface area contributed by atoms with Crippen LogP contribution in [-0.2, 0) is 24.0 Å². The number of benzene rings is 1. The summed E-state index contributed by atoms with van der Waals surface area (Å²) in [7, 11) is 1.37. The maximum Gasteiger partial charge on any atom is 0.325 e. The molecule has 2 N–H and O–H groups in total. The molecule has 3 heterocycles. The van der Waals surface area contributed by atoms with Crippen LogP contribution in [-0.4, -0.2) is 92.5 Å². The fourth-order valence-corrected chi connectivity index (χ4v) is 6.14. The molecule has 0 radical (unpaired) electrons. The van der Waals surface area contributed by atoms with Gasteiger partial charge >= 0.3 is 17.8 Å². The highest BCUT2D eigenvalue weighted by molar-refractivity contribution is 8.01. The zero-order valence-corrected chi connectivity index (χ0v) is 20.2. The highest BCUT2D eigenvalue weighted by Crippen LogP contribution is 2.51. The maximum atomic E-state index is 13.6. The Balaban J connectivity index is 1.68. The van der Waals surface area contributed by atoms with Gasteiger partial charge in [-0.25, -0.2) is 4.79 Å². The van der Waals surface area contributed by atoms with Crippen LogP contribution in [0.4, 0.5) is 4.79 Å². The van der Waals surface area contributed by atoms with Gasteiger partial charge in [0.2, 0.25) is 11.8 Å². The Morgan fingerprint density at radius 1 is 1.11 bits per heavy atom. The molecule has 35 heavy (non-hydrogen) atoms. The lowest BCUT2D eigenvalue weighted by Gasteiger charge is -2.44. The van der Waals surface area contributed by atoms with Crippen molar-refractivity contribution in [1.82, 2.24) is 25.3 Å². The molecule has 11 nitrogen and oxygen atoms in total. The molecule has 0 aromatic heterocycles. The third-order valence-corrected chi connectivity index (χ3v) is 7.71. The SMILES string of the molecule is [2H]c1c([2H])c([2H])c([C@@H](NC(=O)N2CCN(C)C(=O)C2=O)C(=O)N[C@@H]2C(=O)N3C2SC(C)(C)C3C(C)=O)c([2H])c1[2H]. The second kappa shape index (κ2) is 8.99. The van der Waals surface area contributed by atoms with Crippen LogP contribution < -0.4 is 10.6 Å². The summed E-state index contributed by atoms with van der Waals surface area (Å²) in [4.78, 5) is 79.5. The Bertz CT molecular complexity index is 1350. The van der Waals surface area contributed by atoms with Gasteiger partial charge < -0.3 is 20.4 Å². The van der Waals surface area contributed by atoms with Crippen LogP contribution >= 0.6 is 11.8 Å². The molecule has 0 aliphatic carbocycles. The van der Waals surface area contributed by atoms with Gasteiger partial charge in [-0.3, -0.25) is 28.9 Å². The molecule has 1 aromatic rings. The number of likely N-dealkylation sites (N-methyl/N-ethyl adjacent to an activating group) is 1. The number of Topliss-reactive ketones (excluding diaryl/α,β-unsaturated/α-hetero) is 1. The van der Waals surface area contributed by atoms with Crippen molar-refractivity contribution in [3.63, 3.8) is 0 Å². The van der Waals surface area contributed by atoms with Gasteiger partial charge in [-0.1, -0.05) is 30.2 Å². The van der Waals surface area contributed by atoms with Gasteiger partial charge in [-0.2, -0.15) is 0 Å².